The third-order valence-corrected chi connectivity index (χ3v) is 6.38. The number of carbonyl (C=O) groups is 1. The first-order valence-electron chi connectivity index (χ1n) is 9.15. The lowest BCUT2D eigenvalue weighted by atomic mass is 10.2. The Morgan fingerprint density at radius 1 is 1.21 bits per heavy atom. The van der Waals surface area contributed by atoms with Crippen LogP contribution in [0.4, 0.5) is 5.69 Å². The predicted molar refractivity (Wildman–Crippen MR) is 107 cm³/mol. The largest absolute Gasteiger partial charge is 0.492 e. The summed E-state index contributed by atoms with van der Waals surface area (Å²) >= 11 is 0. The molecule has 1 N–H and O–H groups in total. The summed E-state index contributed by atoms with van der Waals surface area (Å²) in [5, 5.41) is 2.64. The fraction of sp³-hybridized carbons (Fsp3) is 0.368. The fourth-order valence-electron chi connectivity index (χ4n) is 2.88. The zero-order valence-corrected chi connectivity index (χ0v) is 17.1. The molecular formula is C19H23N3O6S. The zero-order chi connectivity index (χ0) is 21.0. The van der Waals surface area contributed by atoms with Gasteiger partial charge in [0.05, 0.1) is 19.8 Å². The van der Waals surface area contributed by atoms with Crippen LogP contribution in [-0.2, 0) is 21.8 Å². The van der Waals surface area contributed by atoms with E-state index >= 15 is 0 Å². The van der Waals surface area contributed by atoms with E-state index in [1.807, 2.05) is 0 Å². The van der Waals surface area contributed by atoms with E-state index in [9.17, 15) is 18.0 Å². The molecule has 1 aliphatic heterocycles. The Balaban J connectivity index is 1.92. The summed E-state index contributed by atoms with van der Waals surface area (Å²) in [7, 11) is -2.24. The van der Waals surface area contributed by atoms with Gasteiger partial charge in [-0.15, -0.1) is 0 Å². The van der Waals surface area contributed by atoms with Crippen LogP contribution in [-0.4, -0.2) is 56.1 Å². The topological polar surface area (TPSA) is 107 Å². The number of morpholine rings is 1. The van der Waals surface area contributed by atoms with Crippen molar-refractivity contribution in [2.24, 2.45) is 7.05 Å². The molecular weight excluding hydrogens is 398 g/mol. The second-order valence-corrected chi connectivity index (χ2v) is 8.34. The minimum Gasteiger partial charge on any atom is -0.492 e. The number of sulfonamides is 1. The maximum absolute atomic E-state index is 13.1. The normalized spacial score (nSPS) is 15.1. The Bertz CT molecular complexity index is 1060. The summed E-state index contributed by atoms with van der Waals surface area (Å²) in [6.45, 7) is 3.20. The van der Waals surface area contributed by atoms with Gasteiger partial charge >= 0.3 is 0 Å². The Morgan fingerprint density at radius 2 is 1.93 bits per heavy atom. The number of benzene rings is 1. The number of nitrogens with zero attached hydrogens (tertiary/aromatic N) is 2. The van der Waals surface area contributed by atoms with Crippen molar-refractivity contribution in [3.05, 3.63) is 52.4 Å². The van der Waals surface area contributed by atoms with E-state index < -0.39 is 15.9 Å². The SMILES string of the molecule is CCOc1ccc(NC(=O)c2ccn(C)c(=O)c2)cc1S(=O)(=O)N1CCOCC1. The van der Waals surface area contributed by atoms with Gasteiger partial charge in [0.15, 0.2) is 0 Å². The summed E-state index contributed by atoms with van der Waals surface area (Å²) < 4.78 is 39.6. The van der Waals surface area contributed by atoms with Gasteiger partial charge in [-0.05, 0) is 31.2 Å². The van der Waals surface area contributed by atoms with E-state index in [1.165, 1.54) is 39.3 Å². The minimum atomic E-state index is -3.83. The molecule has 156 valence electrons. The Hall–Kier alpha value is -2.69. The van der Waals surface area contributed by atoms with Crippen LogP contribution in [0, 0.1) is 0 Å². The molecule has 0 spiro atoms. The Labute approximate surface area is 168 Å². The van der Waals surface area contributed by atoms with E-state index in [4.69, 9.17) is 9.47 Å². The molecule has 0 bridgehead atoms. The van der Waals surface area contributed by atoms with Crippen molar-refractivity contribution in [3.8, 4) is 5.75 Å². The van der Waals surface area contributed by atoms with Crippen LogP contribution < -0.4 is 15.6 Å². The number of rotatable bonds is 6. The summed E-state index contributed by atoms with van der Waals surface area (Å²) in [5.74, 6) is -0.299. The molecule has 1 saturated heterocycles. The van der Waals surface area contributed by atoms with Crippen LogP contribution in [0.25, 0.3) is 0 Å². The second-order valence-electron chi connectivity index (χ2n) is 6.43. The van der Waals surface area contributed by atoms with Crippen molar-refractivity contribution in [3.63, 3.8) is 0 Å². The monoisotopic (exact) mass is 421 g/mol. The molecule has 9 nitrogen and oxygen atoms in total. The third-order valence-electron chi connectivity index (χ3n) is 4.46. The third kappa shape index (κ3) is 4.66. The van der Waals surface area contributed by atoms with Crippen molar-refractivity contribution in [1.29, 1.82) is 0 Å². The molecule has 2 aromatic rings. The molecule has 0 unspecified atom stereocenters. The van der Waals surface area contributed by atoms with E-state index in [0.717, 1.165) is 0 Å². The number of nitrogens with one attached hydrogen (secondary N) is 1. The van der Waals surface area contributed by atoms with E-state index in [0.29, 0.717) is 19.8 Å². The van der Waals surface area contributed by atoms with Crippen LogP contribution in [0.15, 0.2) is 46.2 Å². The Kier molecular flexibility index (Phi) is 6.36. The molecule has 0 saturated carbocycles. The van der Waals surface area contributed by atoms with Gasteiger partial charge in [0.2, 0.25) is 10.0 Å². The van der Waals surface area contributed by atoms with Crippen LogP contribution in [0.3, 0.4) is 0 Å². The average molecular weight is 421 g/mol. The lowest BCUT2D eigenvalue weighted by molar-refractivity contribution is 0.0729. The summed E-state index contributed by atoms with van der Waals surface area (Å²) in [5.41, 5.74) is 0.144. The average Bonchev–Trinajstić information content (AvgIpc) is 2.72. The predicted octanol–water partition coefficient (Wildman–Crippen LogP) is 1.06. The lowest BCUT2D eigenvalue weighted by Gasteiger charge is -2.27. The van der Waals surface area contributed by atoms with Crippen LogP contribution in [0.2, 0.25) is 0 Å². The number of carbonyl (C=O) groups excluding carboxylic acids is 1. The van der Waals surface area contributed by atoms with Crippen molar-refractivity contribution in [2.45, 2.75) is 11.8 Å². The highest BCUT2D eigenvalue weighted by Gasteiger charge is 2.29. The number of aromatic nitrogens is 1. The molecule has 0 radical (unpaired) electrons. The summed E-state index contributed by atoms with van der Waals surface area (Å²) in [6, 6.07) is 7.17. The van der Waals surface area contributed by atoms with Gasteiger partial charge in [0.1, 0.15) is 10.6 Å². The molecule has 10 heteroatoms. The van der Waals surface area contributed by atoms with Crippen LogP contribution in [0.5, 0.6) is 5.75 Å². The minimum absolute atomic E-state index is 0.0250. The molecule has 1 amide bonds. The standard InChI is InChI=1S/C19H23N3O6S/c1-3-28-16-5-4-15(20-19(24)14-6-7-21(2)18(23)12-14)13-17(16)29(25,26)22-8-10-27-11-9-22/h4-7,12-13H,3,8-11H2,1-2H3,(H,20,24). The maximum Gasteiger partial charge on any atom is 0.255 e. The van der Waals surface area contributed by atoms with E-state index in [2.05, 4.69) is 5.32 Å². The molecule has 2 heterocycles. The quantitative estimate of drug-likeness (QED) is 0.747. The Morgan fingerprint density at radius 3 is 2.59 bits per heavy atom. The summed E-state index contributed by atoms with van der Waals surface area (Å²) in [4.78, 5) is 24.2. The molecule has 1 fully saturated rings. The van der Waals surface area contributed by atoms with Crippen molar-refractivity contribution in [2.75, 3.05) is 38.2 Å². The van der Waals surface area contributed by atoms with Gasteiger partial charge in [0, 0.05) is 43.7 Å². The molecule has 0 aliphatic carbocycles. The molecule has 3 rings (SSSR count). The van der Waals surface area contributed by atoms with Gasteiger partial charge in [-0.3, -0.25) is 9.59 Å². The smallest absolute Gasteiger partial charge is 0.255 e. The van der Waals surface area contributed by atoms with Crippen LogP contribution >= 0.6 is 0 Å². The number of anilines is 1. The van der Waals surface area contributed by atoms with Gasteiger partial charge < -0.3 is 19.4 Å². The molecule has 29 heavy (non-hydrogen) atoms. The van der Waals surface area contributed by atoms with Gasteiger partial charge in [0.25, 0.3) is 11.5 Å². The second kappa shape index (κ2) is 8.76. The highest BCUT2D eigenvalue weighted by molar-refractivity contribution is 7.89. The first-order chi connectivity index (χ1) is 13.8. The maximum atomic E-state index is 13.1. The summed E-state index contributed by atoms with van der Waals surface area (Å²) in [6.07, 6.45) is 1.49. The van der Waals surface area contributed by atoms with Crippen molar-refractivity contribution >= 4 is 21.6 Å². The van der Waals surface area contributed by atoms with E-state index in [-0.39, 0.29) is 40.5 Å². The highest BCUT2D eigenvalue weighted by Crippen LogP contribution is 2.30. The van der Waals surface area contributed by atoms with E-state index in [1.54, 1.807) is 20.0 Å². The molecule has 1 aromatic carbocycles. The first-order valence-corrected chi connectivity index (χ1v) is 10.6. The lowest BCUT2D eigenvalue weighted by Crippen LogP contribution is -2.40. The number of ether oxygens (including phenoxy) is 2. The van der Waals surface area contributed by atoms with Crippen molar-refractivity contribution in [1.82, 2.24) is 8.87 Å². The first kappa shape index (κ1) is 21.0. The number of amides is 1. The van der Waals surface area contributed by atoms with Gasteiger partial charge in [-0.25, -0.2) is 8.42 Å². The highest BCUT2D eigenvalue weighted by atomic mass is 32.2. The molecule has 1 aromatic heterocycles. The number of hydrogen-bond donors (Lipinski definition) is 1. The fourth-order valence-corrected chi connectivity index (χ4v) is 4.45. The number of pyridine rings is 1. The van der Waals surface area contributed by atoms with Gasteiger partial charge in [-0.1, -0.05) is 0 Å². The van der Waals surface area contributed by atoms with Crippen molar-refractivity contribution < 1.29 is 22.7 Å². The molecule has 0 atom stereocenters. The zero-order valence-electron chi connectivity index (χ0n) is 16.3. The molecule has 1 aliphatic rings. The van der Waals surface area contributed by atoms with Gasteiger partial charge in [-0.2, -0.15) is 4.31 Å². The number of aryl methyl sites for hydroxylation is 1. The van der Waals surface area contributed by atoms with Crippen LogP contribution in [0.1, 0.15) is 17.3 Å². The number of hydrogen-bond acceptors (Lipinski definition) is 6.